The van der Waals surface area contributed by atoms with E-state index in [2.05, 4.69) is 26.1 Å². The van der Waals surface area contributed by atoms with Crippen LogP contribution in [0.4, 0.5) is 0 Å². The molecule has 0 atom stereocenters. The number of carbonyl (C=O) groups excluding carboxylic acids is 1. The van der Waals surface area contributed by atoms with Crippen LogP contribution in [0.1, 0.15) is 60.3 Å². The highest BCUT2D eigenvalue weighted by atomic mass is 32.2. The van der Waals surface area contributed by atoms with Crippen LogP contribution in [0.2, 0.25) is 0 Å². The summed E-state index contributed by atoms with van der Waals surface area (Å²) >= 11 is 2.03. The van der Waals surface area contributed by atoms with Crippen molar-refractivity contribution in [2.24, 2.45) is 5.41 Å². The molecule has 0 heterocycles. The highest BCUT2D eigenvalue weighted by molar-refractivity contribution is 7.99. The molecule has 102 valence electrons. The Morgan fingerprint density at radius 1 is 1.18 bits per heavy atom. The second-order valence-electron chi connectivity index (χ2n) is 6.15. The van der Waals surface area contributed by atoms with Gasteiger partial charge in [0.25, 0.3) is 0 Å². The van der Waals surface area contributed by atoms with Gasteiger partial charge in [-0.25, -0.2) is 0 Å². The van der Waals surface area contributed by atoms with E-state index in [-0.39, 0.29) is 11.9 Å². The largest absolute Gasteiger partial charge is 0.354 e. The van der Waals surface area contributed by atoms with Crippen LogP contribution in [-0.2, 0) is 4.79 Å². The average molecular weight is 259 g/mol. The van der Waals surface area contributed by atoms with Gasteiger partial charge in [0.15, 0.2) is 0 Å². The van der Waals surface area contributed by atoms with E-state index in [1.165, 1.54) is 24.3 Å². The van der Waals surface area contributed by atoms with Crippen LogP contribution in [0.5, 0.6) is 0 Å². The Balaban J connectivity index is 3.27. The van der Waals surface area contributed by atoms with Crippen molar-refractivity contribution in [3.05, 3.63) is 0 Å². The van der Waals surface area contributed by atoms with Crippen LogP contribution >= 0.6 is 11.8 Å². The summed E-state index contributed by atoms with van der Waals surface area (Å²) in [6, 6.07) is 0.268. The summed E-state index contributed by atoms with van der Waals surface area (Å²) < 4.78 is 0. The number of hydrogen-bond donors (Lipinski definition) is 1. The van der Waals surface area contributed by atoms with E-state index < -0.39 is 0 Å². The van der Waals surface area contributed by atoms with E-state index in [9.17, 15) is 4.79 Å². The zero-order valence-corrected chi connectivity index (χ0v) is 13.0. The van der Waals surface area contributed by atoms with Crippen LogP contribution in [-0.4, -0.2) is 23.5 Å². The van der Waals surface area contributed by atoms with Gasteiger partial charge in [0, 0.05) is 12.5 Å². The summed E-state index contributed by atoms with van der Waals surface area (Å²) in [6.45, 7) is 10.8. The number of unbranched alkanes of at least 4 members (excludes halogenated alkanes) is 2. The first-order chi connectivity index (χ1) is 7.81. The minimum atomic E-state index is 0.197. The van der Waals surface area contributed by atoms with Gasteiger partial charge in [-0.3, -0.25) is 4.79 Å². The normalized spacial score (nSPS) is 11.9. The third-order valence-corrected chi connectivity index (χ3v) is 3.82. The summed E-state index contributed by atoms with van der Waals surface area (Å²) in [6.07, 6.45) is 4.11. The molecule has 0 fully saturated rings. The van der Waals surface area contributed by atoms with Crippen molar-refractivity contribution in [2.45, 2.75) is 66.3 Å². The summed E-state index contributed by atoms with van der Waals surface area (Å²) in [5, 5.41) is 2.92. The molecule has 3 heteroatoms. The Labute approximate surface area is 111 Å². The Morgan fingerprint density at radius 3 is 2.35 bits per heavy atom. The molecular weight excluding hydrogens is 230 g/mol. The zero-order chi connectivity index (χ0) is 13.3. The van der Waals surface area contributed by atoms with Crippen LogP contribution < -0.4 is 5.32 Å². The van der Waals surface area contributed by atoms with Crippen LogP contribution in [0, 0.1) is 5.41 Å². The molecule has 2 nitrogen and oxygen atoms in total. The minimum absolute atomic E-state index is 0.197. The van der Waals surface area contributed by atoms with Crippen molar-refractivity contribution in [1.29, 1.82) is 0 Å². The molecule has 0 aliphatic heterocycles. The fraction of sp³-hybridized carbons (Fsp3) is 0.929. The molecule has 0 spiro atoms. The molecule has 0 aromatic carbocycles. The van der Waals surface area contributed by atoms with Gasteiger partial charge in [0.2, 0.25) is 5.91 Å². The first-order valence-corrected chi connectivity index (χ1v) is 7.84. The maximum atomic E-state index is 11.4. The fourth-order valence-corrected chi connectivity index (χ4v) is 2.60. The molecule has 0 aliphatic carbocycles. The molecule has 17 heavy (non-hydrogen) atoms. The second kappa shape index (κ2) is 8.84. The van der Waals surface area contributed by atoms with Gasteiger partial charge in [-0.2, -0.15) is 11.8 Å². The van der Waals surface area contributed by atoms with Crippen molar-refractivity contribution in [1.82, 2.24) is 5.32 Å². The van der Waals surface area contributed by atoms with Crippen molar-refractivity contribution >= 4 is 17.7 Å². The fourth-order valence-electron chi connectivity index (χ4n) is 1.44. The average Bonchev–Trinajstić information content (AvgIpc) is 2.13. The summed E-state index contributed by atoms with van der Waals surface area (Å²) in [5.41, 5.74) is 0.432. The quantitative estimate of drug-likeness (QED) is 0.671. The molecule has 0 radical (unpaired) electrons. The van der Waals surface area contributed by atoms with Gasteiger partial charge in [-0.15, -0.1) is 0 Å². The van der Waals surface area contributed by atoms with Crippen molar-refractivity contribution in [3.63, 3.8) is 0 Å². The van der Waals surface area contributed by atoms with E-state index in [4.69, 9.17) is 0 Å². The molecule has 0 rings (SSSR count). The maximum Gasteiger partial charge on any atom is 0.220 e. The maximum absolute atomic E-state index is 11.4. The molecule has 0 saturated heterocycles. The first kappa shape index (κ1) is 16.8. The number of carbonyl (C=O) groups is 1. The lowest BCUT2D eigenvalue weighted by Crippen LogP contribution is -2.29. The van der Waals surface area contributed by atoms with Gasteiger partial charge in [0.1, 0.15) is 0 Å². The highest BCUT2D eigenvalue weighted by Crippen LogP contribution is 2.21. The van der Waals surface area contributed by atoms with E-state index in [1.54, 1.807) is 0 Å². The molecular formula is C14H29NOS. The monoisotopic (exact) mass is 259 g/mol. The Hall–Kier alpha value is -0.180. The van der Waals surface area contributed by atoms with Crippen molar-refractivity contribution < 1.29 is 4.79 Å². The lowest BCUT2D eigenvalue weighted by atomic mass is 10.0. The third kappa shape index (κ3) is 13.8. The third-order valence-electron chi connectivity index (χ3n) is 2.18. The van der Waals surface area contributed by atoms with Crippen molar-refractivity contribution in [2.75, 3.05) is 11.5 Å². The topological polar surface area (TPSA) is 29.1 Å². The van der Waals surface area contributed by atoms with Crippen LogP contribution in [0.3, 0.4) is 0 Å². The SMILES string of the molecule is CC(C)NC(=O)CCCCCSCC(C)(C)C. The summed E-state index contributed by atoms with van der Waals surface area (Å²) in [5.74, 6) is 2.64. The molecule has 0 bridgehead atoms. The van der Waals surface area contributed by atoms with Gasteiger partial charge in [0.05, 0.1) is 0 Å². The lowest BCUT2D eigenvalue weighted by Gasteiger charge is -2.16. The standard InChI is InChI=1S/C14H29NOS/c1-12(2)15-13(16)9-7-6-8-10-17-11-14(3,4)5/h12H,6-11H2,1-5H3,(H,15,16). The predicted molar refractivity (Wildman–Crippen MR) is 78.5 cm³/mol. The Kier molecular flexibility index (Phi) is 8.75. The Bertz CT molecular complexity index is 209. The Morgan fingerprint density at radius 2 is 1.82 bits per heavy atom. The van der Waals surface area contributed by atoms with E-state index >= 15 is 0 Å². The van der Waals surface area contributed by atoms with E-state index in [0.717, 1.165) is 6.42 Å². The van der Waals surface area contributed by atoms with Crippen LogP contribution in [0.15, 0.2) is 0 Å². The highest BCUT2D eigenvalue weighted by Gasteiger charge is 2.09. The molecule has 1 N–H and O–H groups in total. The lowest BCUT2D eigenvalue weighted by molar-refractivity contribution is -0.121. The molecule has 1 amide bonds. The second-order valence-corrected chi connectivity index (χ2v) is 7.25. The summed E-state index contributed by atoms with van der Waals surface area (Å²) in [7, 11) is 0. The van der Waals surface area contributed by atoms with Gasteiger partial charge in [-0.05, 0) is 43.6 Å². The molecule has 0 aliphatic rings. The van der Waals surface area contributed by atoms with Crippen molar-refractivity contribution in [3.8, 4) is 0 Å². The van der Waals surface area contributed by atoms with E-state index in [0.29, 0.717) is 11.8 Å². The molecule has 0 saturated carbocycles. The summed E-state index contributed by atoms with van der Waals surface area (Å²) in [4.78, 5) is 11.4. The van der Waals surface area contributed by atoms with Gasteiger partial charge in [-0.1, -0.05) is 27.2 Å². The number of amides is 1. The zero-order valence-electron chi connectivity index (χ0n) is 12.1. The molecule has 0 unspecified atom stereocenters. The smallest absolute Gasteiger partial charge is 0.220 e. The number of hydrogen-bond acceptors (Lipinski definition) is 2. The number of thioether (sulfide) groups is 1. The first-order valence-electron chi connectivity index (χ1n) is 6.68. The minimum Gasteiger partial charge on any atom is -0.354 e. The van der Waals surface area contributed by atoms with E-state index in [1.807, 2.05) is 25.6 Å². The van der Waals surface area contributed by atoms with Gasteiger partial charge >= 0.3 is 0 Å². The molecule has 0 aromatic rings. The van der Waals surface area contributed by atoms with Crippen LogP contribution in [0.25, 0.3) is 0 Å². The number of rotatable bonds is 8. The number of nitrogens with one attached hydrogen (secondary N) is 1. The predicted octanol–water partition coefficient (Wildman–Crippen LogP) is 3.85. The molecule has 0 aromatic heterocycles. The van der Waals surface area contributed by atoms with Gasteiger partial charge < -0.3 is 5.32 Å².